The lowest BCUT2D eigenvalue weighted by Gasteiger charge is -2.34. The number of unbranched alkanes of at least 4 members (excludes halogenated alkanes) is 1. The van der Waals surface area contributed by atoms with Gasteiger partial charge in [-0.3, -0.25) is 9.59 Å². The van der Waals surface area contributed by atoms with Crippen molar-refractivity contribution in [1.82, 2.24) is 10.2 Å². The number of piperidine rings is 1. The topological polar surface area (TPSA) is 90.5 Å². The van der Waals surface area contributed by atoms with Crippen molar-refractivity contribution in [2.75, 3.05) is 23.7 Å². The Morgan fingerprint density at radius 1 is 1.03 bits per heavy atom. The van der Waals surface area contributed by atoms with Gasteiger partial charge in [-0.2, -0.15) is 0 Å². The number of benzene rings is 1. The van der Waals surface area contributed by atoms with Crippen LogP contribution < -0.4 is 16.0 Å². The maximum absolute atomic E-state index is 12.8. The molecule has 0 spiro atoms. The Kier molecular flexibility index (Phi) is 8.94. The van der Waals surface area contributed by atoms with E-state index < -0.39 is 0 Å². The van der Waals surface area contributed by atoms with Crippen molar-refractivity contribution in [3.63, 3.8) is 0 Å². The molecule has 0 radical (unpaired) electrons. The largest absolute Gasteiger partial charge is 0.353 e. The van der Waals surface area contributed by atoms with Gasteiger partial charge in [-0.25, -0.2) is 4.79 Å². The lowest BCUT2D eigenvalue weighted by atomic mass is 9.87. The number of likely N-dealkylation sites (tertiary alicyclic amines) is 1. The van der Waals surface area contributed by atoms with Crippen LogP contribution >= 0.6 is 0 Å². The molecule has 7 nitrogen and oxygen atoms in total. The summed E-state index contributed by atoms with van der Waals surface area (Å²) >= 11 is 0. The standard InChI is InChI=1S/C25H38N4O3/c1-3-4-10-23(30)26-21-8-5-9-22(16-21)28-25(32)29-15-6-7-19(17-29)24(31)27-20-13-11-18(2)12-14-20/h5,8-9,16,18-20H,3-4,6-7,10-15,17H2,1-2H3,(H,26,30)(H,27,31)(H,28,32). The number of urea groups is 1. The van der Waals surface area contributed by atoms with Crippen molar-refractivity contribution in [3.05, 3.63) is 24.3 Å². The van der Waals surface area contributed by atoms with Gasteiger partial charge in [0, 0.05) is 36.9 Å². The molecule has 3 rings (SSSR count). The third-order valence-corrected chi connectivity index (χ3v) is 6.60. The third-order valence-electron chi connectivity index (χ3n) is 6.60. The van der Waals surface area contributed by atoms with Crippen LogP contribution in [0.1, 0.15) is 71.6 Å². The fourth-order valence-electron chi connectivity index (χ4n) is 4.54. The van der Waals surface area contributed by atoms with E-state index in [4.69, 9.17) is 0 Å². The number of hydrogen-bond donors (Lipinski definition) is 3. The Labute approximate surface area is 191 Å². The summed E-state index contributed by atoms with van der Waals surface area (Å²) in [5.41, 5.74) is 1.30. The minimum Gasteiger partial charge on any atom is -0.353 e. The zero-order valence-corrected chi connectivity index (χ0v) is 19.5. The van der Waals surface area contributed by atoms with Crippen LogP contribution in [0.15, 0.2) is 24.3 Å². The Morgan fingerprint density at radius 2 is 1.75 bits per heavy atom. The van der Waals surface area contributed by atoms with Gasteiger partial charge in [0.15, 0.2) is 0 Å². The molecule has 1 aliphatic carbocycles. The second kappa shape index (κ2) is 11.9. The average molecular weight is 443 g/mol. The highest BCUT2D eigenvalue weighted by Crippen LogP contribution is 2.25. The number of amides is 4. The van der Waals surface area contributed by atoms with E-state index in [1.807, 2.05) is 12.1 Å². The molecule has 1 heterocycles. The Hall–Kier alpha value is -2.57. The summed E-state index contributed by atoms with van der Waals surface area (Å²) in [6.07, 6.45) is 8.39. The van der Waals surface area contributed by atoms with Gasteiger partial charge in [0.25, 0.3) is 0 Å². The number of hydrogen-bond acceptors (Lipinski definition) is 3. The molecule has 1 aromatic carbocycles. The summed E-state index contributed by atoms with van der Waals surface area (Å²) in [5, 5.41) is 9.02. The minimum atomic E-state index is -0.205. The first-order valence-corrected chi connectivity index (χ1v) is 12.2. The van der Waals surface area contributed by atoms with Gasteiger partial charge in [0.1, 0.15) is 0 Å². The van der Waals surface area contributed by atoms with Crippen LogP contribution in [0.2, 0.25) is 0 Å². The van der Waals surface area contributed by atoms with Gasteiger partial charge in [0.2, 0.25) is 11.8 Å². The molecule has 3 N–H and O–H groups in total. The van der Waals surface area contributed by atoms with E-state index in [1.54, 1.807) is 17.0 Å². The molecule has 1 aromatic rings. The zero-order chi connectivity index (χ0) is 22.9. The van der Waals surface area contributed by atoms with Gasteiger partial charge in [-0.1, -0.05) is 26.3 Å². The molecular formula is C25H38N4O3. The van der Waals surface area contributed by atoms with Crippen LogP contribution in [0, 0.1) is 11.8 Å². The van der Waals surface area contributed by atoms with Crippen LogP contribution in [0.5, 0.6) is 0 Å². The molecule has 32 heavy (non-hydrogen) atoms. The fourth-order valence-corrected chi connectivity index (χ4v) is 4.54. The van der Waals surface area contributed by atoms with Gasteiger partial charge in [-0.15, -0.1) is 0 Å². The summed E-state index contributed by atoms with van der Waals surface area (Å²) < 4.78 is 0. The summed E-state index contributed by atoms with van der Waals surface area (Å²) in [6, 6.07) is 7.26. The first-order chi connectivity index (χ1) is 15.4. The molecule has 1 atom stereocenters. The number of carbonyl (C=O) groups is 3. The monoisotopic (exact) mass is 442 g/mol. The van der Waals surface area contributed by atoms with Gasteiger partial charge in [0.05, 0.1) is 5.92 Å². The molecule has 176 valence electrons. The molecule has 1 saturated heterocycles. The number of rotatable bonds is 7. The molecule has 0 aromatic heterocycles. The predicted octanol–water partition coefficient (Wildman–Crippen LogP) is 4.75. The second-order valence-corrected chi connectivity index (χ2v) is 9.41. The van der Waals surface area contributed by atoms with E-state index in [-0.39, 0.29) is 29.8 Å². The summed E-state index contributed by atoms with van der Waals surface area (Å²) in [5.74, 6) is 0.657. The molecule has 1 unspecified atom stereocenters. The molecule has 4 amide bonds. The molecule has 1 aliphatic heterocycles. The first kappa shape index (κ1) is 24.1. The van der Waals surface area contributed by atoms with Crippen LogP contribution in [-0.2, 0) is 9.59 Å². The zero-order valence-electron chi connectivity index (χ0n) is 19.5. The second-order valence-electron chi connectivity index (χ2n) is 9.41. The van der Waals surface area contributed by atoms with Gasteiger partial charge in [-0.05, 0) is 69.1 Å². The van der Waals surface area contributed by atoms with Crippen molar-refractivity contribution in [3.8, 4) is 0 Å². The highest BCUT2D eigenvalue weighted by molar-refractivity contribution is 5.93. The van der Waals surface area contributed by atoms with Crippen molar-refractivity contribution >= 4 is 29.2 Å². The normalized spacial score (nSPS) is 23.3. The Bertz CT molecular complexity index is 789. The molecule has 1 saturated carbocycles. The van der Waals surface area contributed by atoms with Crippen molar-refractivity contribution in [1.29, 1.82) is 0 Å². The van der Waals surface area contributed by atoms with E-state index in [1.165, 1.54) is 12.8 Å². The number of nitrogens with zero attached hydrogens (tertiary/aromatic N) is 1. The van der Waals surface area contributed by atoms with Crippen molar-refractivity contribution < 1.29 is 14.4 Å². The molecule has 2 aliphatic rings. The molecule has 7 heteroatoms. The Balaban J connectivity index is 1.50. The van der Waals surface area contributed by atoms with Gasteiger partial charge >= 0.3 is 6.03 Å². The maximum Gasteiger partial charge on any atom is 0.321 e. The van der Waals surface area contributed by atoms with E-state index in [0.29, 0.717) is 30.9 Å². The number of anilines is 2. The maximum atomic E-state index is 12.8. The fraction of sp³-hybridized carbons (Fsp3) is 0.640. The van der Waals surface area contributed by atoms with E-state index in [0.717, 1.165) is 44.4 Å². The van der Waals surface area contributed by atoms with Gasteiger partial charge < -0.3 is 20.9 Å². The number of nitrogens with one attached hydrogen (secondary N) is 3. The third kappa shape index (κ3) is 7.24. The summed E-state index contributed by atoms with van der Waals surface area (Å²) in [6.45, 7) is 5.40. The quantitative estimate of drug-likeness (QED) is 0.569. The van der Waals surface area contributed by atoms with Crippen molar-refractivity contribution in [2.45, 2.75) is 77.7 Å². The van der Waals surface area contributed by atoms with E-state index >= 15 is 0 Å². The number of carbonyl (C=O) groups excluding carboxylic acids is 3. The smallest absolute Gasteiger partial charge is 0.321 e. The lowest BCUT2D eigenvalue weighted by molar-refractivity contribution is -0.127. The SMILES string of the molecule is CCCCC(=O)Nc1cccc(NC(=O)N2CCCC(C(=O)NC3CCC(C)CC3)C2)c1. The summed E-state index contributed by atoms with van der Waals surface area (Å²) in [4.78, 5) is 39.3. The van der Waals surface area contributed by atoms with Crippen LogP contribution in [0.3, 0.4) is 0 Å². The molecule has 2 fully saturated rings. The molecule has 0 bridgehead atoms. The van der Waals surface area contributed by atoms with E-state index in [2.05, 4.69) is 29.8 Å². The van der Waals surface area contributed by atoms with Crippen molar-refractivity contribution in [2.24, 2.45) is 11.8 Å². The highest BCUT2D eigenvalue weighted by atomic mass is 16.2. The van der Waals surface area contributed by atoms with E-state index in [9.17, 15) is 14.4 Å². The lowest BCUT2D eigenvalue weighted by Crippen LogP contribution is -2.49. The van der Waals surface area contributed by atoms with Crippen LogP contribution in [-0.4, -0.2) is 41.9 Å². The van der Waals surface area contributed by atoms with Crippen LogP contribution in [0.4, 0.5) is 16.2 Å². The summed E-state index contributed by atoms with van der Waals surface area (Å²) in [7, 11) is 0. The highest BCUT2D eigenvalue weighted by Gasteiger charge is 2.30. The Morgan fingerprint density at radius 3 is 2.47 bits per heavy atom. The minimum absolute atomic E-state index is 0.0207. The van der Waals surface area contributed by atoms with Crippen LogP contribution in [0.25, 0.3) is 0 Å². The molecular weight excluding hydrogens is 404 g/mol. The average Bonchev–Trinajstić information content (AvgIpc) is 2.79. The predicted molar refractivity (Wildman–Crippen MR) is 127 cm³/mol. The first-order valence-electron chi connectivity index (χ1n) is 12.2.